The molecule has 1 aromatic rings. The van der Waals surface area contributed by atoms with Crippen molar-refractivity contribution in [2.45, 2.75) is 59.8 Å². The average molecular weight is 477 g/mol. The second kappa shape index (κ2) is 14.2. The minimum atomic E-state index is -0.127. The monoisotopic (exact) mass is 477 g/mol. The zero-order valence-corrected chi connectivity index (χ0v) is 19.3. The molecule has 6 heteroatoms. The van der Waals surface area contributed by atoms with E-state index in [1.165, 1.54) is 11.1 Å². The van der Waals surface area contributed by atoms with Gasteiger partial charge < -0.3 is 20.1 Å². The summed E-state index contributed by atoms with van der Waals surface area (Å²) in [4.78, 5) is 4.66. The van der Waals surface area contributed by atoms with Crippen LogP contribution in [0.2, 0.25) is 0 Å². The smallest absolute Gasteiger partial charge is 0.191 e. The first-order valence-electron chi connectivity index (χ1n) is 9.26. The Labute approximate surface area is 176 Å². The van der Waals surface area contributed by atoms with Crippen LogP contribution in [-0.4, -0.2) is 37.9 Å². The van der Waals surface area contributed by atoms with E-state index in [0.717, 1.165) is 38.7 Å². The topological polar surface area (TPSA) is 54.9 Å². The Hall–Kier alpha value is -0.860. The number of guanidine groups is 1. The second-order valence-electron chi connectivity index (χ2n) is 6.89. The van der Waals surface area contributed by atoms with Crippen molar-refractivity contribution in [3.63, 3.8) is 0 Å². The van der Waals surface area contributed by atoms with Crippen molar-refractivity contribution in [3.8, 4) is 0 Å². The fourth-order valence-electron chi connectivity index (χ4n) is 2.16. The Kier molecular flexibility index (Phi) is 13.8. The summed E-state index contributed by atoms with van der Waals surface area (Å²) in [5.41, 5.74) is 2.23. The van der Waals surface area contributed by atoms with E-state index in [2.05, 4.69) is 67.6 Å². The summed E-state index contributed by atoms with van der Waals surface area (Å²) < 4.78 is 11.2. The van der Waals surface area contributed by atoms with Crippen LogP contribution in [0.3, 0.4) is 0 Å². The molecule has 0 spiro atoms. The van der Waals surface area contributed by atoms with E-state index in [9.17, 15) is 0 Å². The highest BCUT2D eigenvalue weighted by molar-refractivity contribution is 14.0. The molecule has 0 aliphatic carbocycles. The summed E-state index contributed by atoms with van der Waals surface area (Å²) in [6, 6.07) is 8.42. The van der Waals surface area contributed by atoms with Gasteiger partial charge in [-0.2, -0.15) is 0 Å². The first-order chi connectivity index (χ1) is 11.9. The lowest BCUT2D eigenvalue weighted by molar-refractivity contribution is -0.0149. The minimum Gasteiger partial charge on any atom is -0.382 e. The lowest BCUT2D eigenvalue weighted by Crippen LogP contribution is -2.38. The Morgan fingerprint density at radius 2 is 1.85 bits per heavy atom. The predicted octanol–water partition coefficient (Wildman–Crippen LogP) is 4.10. The molecule has 0 bridgehead atoms. The Morgan fingerprint density at radius 3 is 2.50 bits per heavy atom. The highest BCUT2D eigenvalue weighted by atomic mass is 127. The SMILES string of the molecule is CCNC(=NCc1cccc(COC(C)(C)C)c1)NCCCOCC.I. The second-order valence-corrected chi connectivity index (χ2v) is 6.89. The van der Waals surface area contributed by atoms with Crippen LogP contribution in [0.15, 0.2) is 29.3 Å². The molecule has 0 fully saturated rings. The summed E-state index contributed by atoms with van der Waals surface area (Å²) in [6.07, 6.45) is 0.970. The summed E-state index contributed by atoms with van der Waals surface area (Å²) in [6.45, 7) is 14.8. The van der Waals surface area contributed by atoms with Crippen LogP contribution in [0, 0.1) is 0 Å². The maximum atomic E-state index is 5.85. The first kappa shape index (κ1) is 25.1. The summed E-state index contributed by atoms with van der Waals surface area (Å²) in [5.74, 6) is 0.843. The summed E-state index contributed by atoms with van der Waals surface area (Å²) in [7, 11) is 0. The van der Waals surface area contributed by atoms with E-state index in [4.69, 9.17) is 9.47 Å². The average Bonchev–Trinajstić information content (AvgIpc) is 2.57. The van der Waals surface area contributed by atoms with Crippen molar-refractivity contribution in [1.29, 1.82) is 0 Å². The predicted molar refractivity (Wildman–Crippen MR) is 120 cm³/mol. The van der Waals surface area contributed by atoms with Crippen LogP contribution in [0.25, 0.3) is 0 Å². The van der Waals surface area contributed by atoms with Crippen LogP contribution < -0.4 is 10.6 Å². The molecular formula is C20H36IN3O2. The molecule has 0 amide bonds. The molecule has 0 aliphatic rings. The third-order valence-corrected chi connectivity index (χ3v) is 3.39. The van der Waals surface area contributed by atoms with Crippen molar-refractivity contribution in [2.75, 3.05) is 26.3 Å². The molecule has 26 heavy (non-hydrogen) atoms. The van der Waals surface area contributed by atoms with Gasteiger partial charge in [0.15, 0.2) is 5.96 Å². The van der Waals surface area contributed by atoms with Crippen LogP contribution in [0.1, 0.15) is 52.2 Å². The van der Waals surface area contributed by atoms with Gasteiger partial charge in [0.2, 0.25) is 0 Å². The highest BCUT2D eigenvalue weighted by Gasteiger charge is 2.10. The van der Waals surface area contributed by atoms with Crippen LogP contribution in [-0.2, 0) is 22.6 Å². The number of hydrogen-bond donors (Lipinski definition) is 2. The van der Waals surface area contributed by atoms with Crippen molar-refractivity contribution in [3.05, 3.63) is 35.4 Å². The van der Waals surface area contributed by atoms with Gasteiger partial charge in [-0.3, -0.25) is 0 Å². The third kappa shape index (κ3) is 12.5. The summed E-state index contributed by atoms with van der Waals surface area (Å²) >= 11 is 0. The van der Waals surface area contributed by atoms with Crippen LogP contribution in [0.4, 0.5) is 0 Å². The van der Waals surface area contributed by atoms with Gasteiger partial charge in [-0.1, -0.05) is 24.3 Å². The molecule has 0 aromatic heterocycles. The fraction of sp³-hybridized carbons (Fsp3) is 0.650. The van der Waals surface area contributed by atoms with Gasteiger partial charge in [0, 0.05) is 26.3 Å². The number of benzene rings is 1. The molecule has 2 N–H and O–H groups in total. The molecule has 1 aromatic carbocycles. The van der Waals surface area contributed by atoms with Gasteiger partial charge in [-0.05, 0) is 52.2 Å². The van der Waals surface area contributed by atoms with E-state index >= 15 is 0 Å². The number of aliphatic imine (C=N–C) groups is 1. The van der Waals surface area contributed by atoms with Gasteiger partial charge in [-0.15, -0.1) is 24.0 Å². The molecule has 0 heterocycles. The Balaban J connectivity index is 0.00000625. The van der Waals surface area contributed by atoms with Crippen molar-refractivity contribution >= 4 is 29.9 Å². The number of ether oxygens (including phenoxy) is 2. The van der Waals surface area contributed by atoms with E-state index in [0.29, 0.717) is 13.2 Å². The Bertz CT molecular complexity index is 516. The normalized spacial score (nSPS) is 11.8. The molecule has 0 saturated carbocycles. The molecule has 150 valence electrons. The Morgan fingerprint density at radius 1 is 1.12 bits per heavy atom. The molecule has 0 aliphatic heterocycles. The zero-order chi connectivity index (χ0) is 18.5. The lowest BCUT2D eigenvalue weighted by atomic mass is 10.1. The largest absolute Gasteiger partial charge is 0.382 e. The van der Waals surface area contributed by atoms with Crippen LogP contribution in [0.5, 0.6) is 0 Å². The van der Waals surface area contributed by atoms with Gasteiger partial charge >= 0.3 is 0 Å². The number of hydrogen-bond acceptors (Lipinski definition) is 3. The van der Waals surface area contributed by atoms with E-state index in [1.54, 1.807) is 0 Å². The van der Waals surface area contributed by atoms with Gasteiger partial charge in [0.05, 0.1) is 18.8 Å². The standard InChI is InChI=1S/C20H35N3O2.HI/c1-6-21-19(22-12-9-13-24-7-2)23-15-17-10-8-11-18(14-17)16-25-20(3,4)5;/h8,10-11,14H,6-7,9,12-13,15-16H2,1-5H3,(H2,21,22,23);1H. The molecule has 1 rings (SSSR count). The molecule has 0 radical (unpaired) electrons. The van der Waals surface area contributed by atoms with Crippen LogP contribution >= 0.6 is 24.0 Å². The van der Waals surface area contributed by atoms with E-state index in [-0.39, 0.29) is 29.6 Å². The van der Waals surface area contributed by atoms with Crippen molar-refractivity contribution in [1.82, 2.24) is 10.6 Å². The maximum absolute atomic E-state index is 5.85. The number of halogens is 1. The third-order valence-electron chi connectivity index (χ3n) is 3.39. The lowest BCUT2D eigenvalue weighted by Gasteiger charge is -2.19. The molecule has 5 nitrogen and oxygen atoms in total. The first-order valence-corrected chi connectivity index (χ1v) is 9.26. The molecule has 0 saturated heterocycles. The zero-order valence-electron chi connectivity index (χ0n) is 16.9. The number of rotatable bonds is 10. The highest BCUT2D eigenvalue weighted by Crippen LogP contribution is 2.13. The van der Waals surface area contributed by atoms with E-state index in [1.807, 2.05) is 6.92 Å². The van der Waals surface area contributed by atoms with Gasteiger partial charge in [-0.25, -0.2) is 4.99 Å². The maximum Gasteiger partial charge on any atom is 0.191 e. The number of nitrogens with zero attached hydrogens (tertiary/aromatic N) is 1. The van der Waals surface area contributed by atoms with Crippen molar-refractivity contribution in [2.24, 2.45) is 4.99 Å². The van der Waals surface area contributed by atoms with Gasteiger partial charge in [0.25, 0.3) is 0 Å². The molecule has 0 atom stereocenters. The molecule has 0 unspecified atom stereocenters. The minimum absolute atomic E-state index is 0. The summed E-state index contributed by atoms with van der Waals surface area (Å²) in [5, 5.41) is 6.62. The quantitative estimate of drug-likeness (QED) is 0.231. The number of nitrogens with one attached hydrogen (secondary N) is 2. The fourth-order valence-corrected chi connectivity index (χ4v) is 2.16. The van der Waals surface area contributed by atoms with E-state index < -0.39 is 0 Å². The van der Waals surface area contributed by atoms with Crippen molar-refractivity contribution < 1.29 is 9.47 Å². The van der Waals surface area contributed by atoms with Gasteiger partial charge in [0.1, 0.15) is 0 Å². The molecular weight excluding hydrogens is 441 g/mol.